The predicted octanol–water partition coefficient (Wildman–Crippen LogP) is 0.887. The van der Waals surface area contributed by atoms with E-state index in [-0.39, 0.29) is 0 Å². The molecule has 3 heteroatoms. The van der Waals surface area contributed by atoms with Crippen LogP contribution in [0.3, 0.4) is 0 Å². The van der Waals surface area contributed by atoms with Gasteiger partial charge in [-0.3, -0.25) is 4.90 Å². The molecule has 0 aromatic carbocycles. The highest BCUT2D eigenvalue weighted by molar-refractivity contribution is 4.84. The van der Waals surface area contributed by atoms with Gasteiger partial charge in [0.25, 0.3) is 0 Å². The lowest BCUT2D eigenvalue weighted by atomic mass is 10.0. The third-order valence-corrected chi connectivity index (χ3v) is 3.37. The molecule has 1 N–H and O–H groups in total. The van der Waals surface area contributed by atoms with Gasteiger partial charge in [-0.2, -0.15) is 0 Å². The van der Waals surface area contributed by atoms with Gasteiger partial charge in [0.1, 0.15) is 0 Å². The van der Waals surface area contributed by atoms with Crippen molar-refractivity contribution in [3.05, 3.63) is 0 Å². The molecule has 0 aromatic heterocycles. The number of aliphatic hydroxyl groups excluding tert-OH is 1. The molecule has 1 aliphatic rings. The third-order valence-electron chi connectivity index (χ3n) is 3.37. The zero-order valence-electron chi connectivity index (χ0n) is 10.6. The molecule has 0 spiro atoms. The van der Waals surface area contributed by atoms with Crippen LogP contribution in [0.25, 0.3) is 0 Å². The largest absolute Gasteiger partial charge is 0.396 e. The van der Waals surface area contributed by atoms with E-state index in [9.17, 15) is 0 Å². The van der Waals surface area contributed by atoms with Gasteiger partial charge >= 0.3 is 0 Å². The summed E-state index contributed by atoms with van der Waals surface area (Å²) in [5.41, 5.74) is 0. The Morgan fingerprint density at radius 3 is 2.47 bits per heavy atom. The zero-order valence-corrected chi connectivity index (χ0v) is 10.6. The monoisotopic (exact) mass is 214 g/mol. The van der Waals surface area contributed by atoms with Crippen LogP contribution in [0, 0.1) is 11.8 Å². The molecule has 1 saturated heterocycles. The van der Waals surface area contributed by atoms with E-state index < -0.39 is 0 Å². The fourth-order valence-electron chi connectivity index (χ4n) is 2.43. The number of likely N-dealkylation sites (N-methyl/N-ethyl adjacent to an activating group) is 1. The first kappa shape index (κ1) is 12.9. The Hall–Kier alpha value is -0.120. The highest BCUT2D eigenvalue weighted by Crippen LogP contribution is 2.22. The van der Waals surface area contributed by atoms with Gasteiger partial charge < -0.3 is 10.0 Å². The van der Waals surface area contributed by atoms with E-state index in [4.69, 9.17) is 5.11 Å². The molecular weight excluding hydrogens is 188 g/mol. The van der Waals surface area contributed by atoms with Crippen LogP contribution < -0.4 is 0 Å². The third kappa shape index (κ3) is 3.74. The molecule has 0 aromatic rings. The maximum Gasteiger partial charge on any atom is 0.0471 e. The predicted molar refractivity (Wildman–Crippen MR) is 63.9 cm³/mol. The molecule has 1 heterocycles. The van der Waals surface area contributed by atoms with Crippen LogP contribution in [-0.4, -0.2) is 61.3 Å². The summed E-state index contributed by atoms with van der Waals surface area (Å²) in [6.07, 6.45) is 1.16. The highest BCUT2D eigenvalue weighted by Gasteiger charge is 2.29. The first-order valence-corrected chi connectivity index (χ1v) is 6.04. The number of hydrogen-bond donors (Lipinski definition) is 1. The van der Waals surface area contributed by atoms with Gasteiger partial charge in [-0.25, -0.2) is 0 Å². The van der Waals surface area contributed by atoms with Crippen LogP contribution in [0.15, 0.2) is 0 Å². The Morgan fingerprint density at radius 2 is 2.07 bits per heavy atom. The first-order chi connectivity index (χ1) is 7.04. The topological polar surface area (TPSA) is 26.7 Å². The van der Waals surface area contributed by atoms with E-state index in [1.54, 1.807) is 0 Å². The molecule has 15 heavy (non-hydrogen) atoms. The van der Waals surface area contributed by atoms with E-state index >= 15 is 0 Å². The van der Waals surface area contributed by atoms with Crippen molar-refractivity contribution in [3.63, 3.8) is 0 Å². The van der Waals surface area contributed by atoms with Crippen LogP contribution in [0.2, 0.25) is 0 Å². The Kier molecular flexibility index (Phi) is 5.03. The van der Waals surface area contributed by atoms with Crippen LogP contribution in [-0.2, 0) is 0 Å². The average molecular weight is 214 g/mol. The van der Waals surface area contributed by atoms with Crippen molar-refractivity contribution < 1.29 is 5.11 Å². The molecule has 0 radical (unpaired) electrons. The Labute approximate surface area is 94.1 Å². The van der Waals surface area contributed by atoms with Gasteiger partial charge in [0.15, 0.2) is 0 Å². The average Bonchev–Trinajstić information content (AvgIpc) is 2.61. The van der Waals surface area contributed by atoms with Crippen LogP contribution in [0.5, 0.6) is 0 Å². The summed E-state index contributed by atoms with van der Waals surface area (Å²) in [6, 6.07) is 0.636. The van der Waals surface area contributed by atoms with Crippen molar-refractivity contribution >= 4 is 0 Å². The normalized spacial score (nSPS) is 25.4. The molecular formula is C12H26N2O. The van der Waals surface area contributed by atoms with Crippen LogP contribution in [0.4, 0.5) is 0 Å². The fourth-order valence-corrected chi connectivity index (χ4v) is 2.43. The molecule has 0 aliphatic carbocycles. The molecule has 0 saturated carbocycles. The summed E-state index contributed by atoms with van der Waals surface area (Å²) >= 11 is 0. The van der Waals surface area contributed by atoms with E-state index in [0.29, 0.717) is 24.5 Å². The van der Waals surface area contributed by atoms with Gasteiger partial charge in [0.2, 0.25) is 0 Å². The molecule has 90 valence electrons. The summed E-state index contributed by atoms with van der Waals surface area (Å²) < 4.78 is 0. The van der Waals surface area contributed by atoms with E-state index in [2.05, 4.69) is 37.7 Å². The second kappa shape index (κ2) is 5.83. The van der Waals surface area contributed by atoms with Gasteiger partial charge in [-0.05, 0) is 38.9 Å². The van der Waals surface area contributed by atoms with Gasteiger partial charge in [0, 0.05) is 25.7 Å². The quantitative estimate of drug-likeness (QED) is 0.736. The van der Waals surface area contributed by atoms with Gasteiger partial charge in [0.05, 0.1) is 0 Å². The minimum absolute atomic E-state index is 0.350. The molecule has 2 unspecified atom stereocenters. The van der Waals surface area contributed by atoms with Gasteiger partial charge in [-0.1, -0.05) is 13.8 Å². The van der Waals surface area contributed by atoms with E-state index in [1.807, 2.05) is 0 Å². The number of nitrogens with zero attached hydrogens (tertiary/aromatic N) is 2. The number of hydrogen-bond acceptors (Lipinski definition) is 3. The second-order valence-corrected chi connectivity index (χ2v) is 5.41. The molecule has 0 bridgehead atoms. The zero-order chi connectivity index (χ0) is 11.4. The molecule has 0 amide bonds. The minimum Gasteiger partial charge on any atom is -0.396 e. The van der Waals surface area contributed by atoms with Gasteiger partial charge in [-0.15, -0.1) is 0 Å². The standard InChI is InChI=1S/C12H26N2O/c1-10(2)12(8-13(3)4)14-6-5-11(7-14)9-15/h10-12,15H,5-9H2,1-4H3. The Balaban J connectivity index is 2.50. The Morgan fingerprint density at radius 1 is 1.40 bits per heavy atom. The summed E-state index contributed by atoms with van der Waals surface area (Å²) in [6.45, 7) is 8.29. The lowest BCUT2D eigenvalue weighted by Crippen LogP contribution is -2.44. The van der Waals surface area contributed by atoms with Crippen LogP contribution >= 0.6 is 0 Å². The smallest absolute Gasteiger partial charge is 0.0471 e. The maximum atomic E-state index is 9.15. The van der Waals surface area contributed by atoms with Crippen molar-refractivity contribution in [1.29, 1.82) is 0 Å². The molecule has 1 rings (SSSR count). The van der Waals surface area contributed by atoms with Crippen LogP contribution in [0.1, 0.15) is 20.3 Å². The number of aliphatic hydroxyl groups is 1. The summed E-state index contributed by atoms with van der Waals surface area (Å²) in [7, 11) is 4.27. The first-order valence-electron chi connectivity index (χ1n) is 6.04. The number of rotatable bonds is 5. The van der Waals surface area contributed by atoms with Crippen molar-refractivity contribution in [3.8, 4) is 0 Å². The van der Waals surface area contributed by atoms with E-state index in [1.165, 1.54) is 0 Å². The van der Waals surface area contributed by atoms with Crippen molar-refractivity contribution in [2.45, 2.75) is 26.3 Å². The fraction of sp³-hybridized carbons (Fsp3) is 1.00. The maximum absolute atomic E-state index is 9.15. The molecule has 1 aliphatic heterocycles. The summed E-state index contributed by atoms with van der Waals surface area (Å²) in [5, 5.41) is 9.15. The SMILES string of the molecule is CC(C)C(CN(C)C)N1CCC(CO)C1. The second-order valence-electron chi connectivity index (χ2n) is 5.41. The Bertz CT molecular complexity index is 182. The molecule has 3 nitrogen and oxygen atoms in total. The lowest BCUT2D eigenvalue weighted by molar-refractivity contribution is 0.139. The highest BCUT2D eigenvalue weighted by atomic mass is 16.3. The minimum atomic E-state index is 0.350. The van der Waals surface area contributed by atoms with Crippen molar-refractivity contribution in [1.82, 2.24) is 9.80 Å². The summed E-state index contributed by atoms with van der Waals surface area (Å²) in [4.78, 5) is 4.81. The molecule has 2 atom stereocenters. The summed E-state index contributed by atoms with van der Waals surface area (Å²) in [5.74, 6) is 1.19. The van der Waals surface area contributed by atoms with E-state index in [0.717, 1.165) is 26.1 Å². The molecule has 1 fully saturated rings. The van der Waals surface area contributed by atoms with Crippen molar-refractivity contribution in [2.75, 3.05) is 40.3 Å². The lowest BCUT2D eigenvalue weighted by Gasteiger charge is -2.33. The number of likely N-dealkylation sites (tertiary alicyclic amines) is 1. The van der Waals surface area contributed by atoms with Crippen molar-refractivity contribution in [2.24, 2.45) is 11.8 Å².